The van der Waals surface area contributed by atoms with Crippen molar-refractivity contribution in [1.29, 1.82) is 0 Å². The summed E-state index contributed by atoms with van der Waals surface area (Å²) in [5, 5.41) is 11.8. The molecule has 0 aromatic heterocycles. The number of carboxylic acid groups (broad SMARTS) is 1. The molecule has 0 aliphatic carbocycles. The van der Waals surface area contributed by atoms with E-state index in [4.69, 9.17) is 5.11 Å². The molecule has 0 saturated heterocycles. The van der Waals surface area contributed by atoms with E-state index in [-0.39, 0.29) is 11.7 Å². The molecule has 1 aromatic rings. The SMILES string of the molecule is CC(CCS(C)=O)Nc1ccc(C(F)(F)F)c(C(=O)O)c1. The van der Waals surface area contributed by atoms with E-state index in [1.807, 2.05) is 0 Å². The first-order valence-electron chi connectivity index (χ1n) is 6.12. The second-order valence-electron chi connectivity index (χ2n) is 4.67. The summed E-state index contributed by atoms with van der Waals surface area (Å²) < 4.78 is 49.1. The molecule has 1 aromatic carbocycles. The highest BCUT2D eigenvalue weighted by molar-refractivity contribution is 7.84. The number of hydrogen-bond acceptors (Lipinski definition) is 3. The Morgan fingerprint density at radius 1 is 1.43 bits per heavy atom. The monoisotopic (exact) mass is 323 g/mol. The van der Waals surface area contributed by atoms with Crippen LogP contribution in [0.2, 0.25) is 0 Å². The number of alkyl halides is 3. The number of rotatable bonds is 6. The van der Waals surface area contributed by atoms with Gasteiger partial charge in [-0.2, -0.15) is 13.2 Å². The van der Waals surface area contributed by atoms with Crippen LogP contribution in [0.1, 0.15) is 29.3 Å². The maximum Gasteiger partial charge on any atom is 0.417 e. The number of nitrogens with one attached hydrogen (secondary N) is 1. The lowest BCUT2D eigenvalue weighted by molar-refractivity contribution is -0.138. The second kappa shape index (κ2) is 6.93. The van der Waals surface area contributed by atoms with Crippen LogP contribution in [0.4, 0.5) is 18.9 Å². The molecule has 0 bridgehead atoms. The van der Waals surface area contributed by atoms with Crippen LogP contribution < -0.4 is 5.32 Å². The first-order valence-corrected chi connectivity index (χ1v) is 7.85. The van der Waals surface area contributed by atoms with Gasteiger partial charge in [-0.3, -0.25) is 4.21 Å². The van der Waals surface area contributed by atoms with Crippen LogP contribution in [0.25, 0.3) is 0 Å². The van der Waals surface area contributed by atoms with Crippen molar-refractivity contribution in [3.8, 4) is 0 Å². The zero-order chi connectivity index (χ0) is 16.2. The summed E-state index contributed by atoms with van der Waals surface area (Å²) >= 11 is 0. The zero-order valence-corrected chi connectivity index (χ0v) is 12.3. The molecule has 8 heteroatoms. The molecule has 0 radical (unpaired) electrons. The van der Waals surface area contributed by atoms with E-state index < -0.39 is 34.1 Å². The molecule has 0 heterocycles. The molecule has 0 fully saturated rings. The number of anilines is 1. The standard InChI is InChI=1S/C13H16F3NO3S/c1-8(5-6-21(2)20)17-9-3-4-11(13(14,15)16)10(7-9)12(18)19/h3-4,7-8,17H,5-6H2,1-2H3,(H,18,19). The van der Waals surface area contributed by atoms with E-state index in [1.54, 1.807) is 13.2 Å². The lowest BCUT2D eigenvalue weighted by Crippen LogP contribution is -2.19. The van der Waals surface area contributed by atoms with Crippen LogP contribution in [0.3, 0.4) is 0 Å². The second-order valence-corrected chi connectivity index (χ2v) is 6.23. The molecule has 0 saturated carbocycles. The maximum absolute atomic E-state index is 12.7. The van der Waals surface area contributed by atoms with Gasteiger partial charge in [0.15, 0.2) is 0 Å². The van der Waals surface area contributed by atoms with E-state index >= 15 is 0 Å². The van der Waals surface area contributed by atoms with Crippen LogP contribution >= 0.6 is 0 Å². The van der Waals surface area contributed by atoms with E-state index in [0.29, 0.717) is 12.2 Å². The van der Waals surface area contributed by atoms with Gasteiger partial charge >= 0.3 is 12.1 Å². The molecule has 21 heavy (non-hydrogen) atoms. The lowest BCUT2D eigenvalue weighted by atomic mass is 10.1. The first-order chi connectivity index (χ1) is 9.61. The molecule has 0 amide bonds. The summed E-state index contributed by atoms with van der Waals surface area (Å²) in [6.07, 6.45) is -2.59. The average molecular weight is 323 g/mol. The predicted molar refractivity (Wildman–Crippen MR) is 75.0 cm³/mol. The Morgan fingerprint density at radius 2 is 2.05 bits per heavy atom. The maximum atomic E-state index is 12.7. The normalized spacial score (nSPS) is 14.5. The minimum Gasteiger partial charge on any atom is -0.478 e. The van der Waals surface area contributed by atoms with E-state index in [0.717, 1.165) is 12.1 Å². The molecule has 0 aliphatic heterocycles. The molecule has 2 unspecified atom stereocenters. The molecule has 4 nitrogen and oxygen atoms in total. The van der Waals surface area contributed by atoms with Gasteiger partial charge in [-0.05, 0) is 31.5 Å². The number of benzene rings is 1. The minimum atomic E-state index is -4.71. The van der Waals surface area contributed by atoms with Crippen molar-refractivity contribution in [3.05, 3.63) is 29.3 Å². The predicted octanol–water partition coefficient (Wildman–Crippen LogP) is 2.97. The Kier molecular flexibility index (Phi) is 5.77. The fourth-order valence-corrected chi connectivity index (χ4v) is 2.44. The zero-order valence-electron chi connectivity index (χ0n) is 11.5. The van der Waals surface area contributed by atoms with Gasteiger partial charge in [0.05, 0.1) is 11.1 Å². The molecule has 118 valence electrons. The van der Waals surface area contributed by atoms with Crippen LogP contribution in [-0.4, -0.2) is 33.3 Å². The molecule has 0 aliphatic rings. The molecular formula is C13H16F3NO3S. The molecule has 0 spiro atoms. The van der Waals surface area contributed by atoms with Crippen molar-refractivity contribution < 1.29 is 27.3 Å². The van der Waals surface area contributed by atoms with E-state index in [2.05, 4.69) is 5.32 Å². The first kappa shape index (κ1) is 17.5. The molecule has 2 atom stereocenters. The van der Waals surface area contributed by atoms with E-state index in [9.17, 15) is 22.2 Å². The van der Waals surface area contributed by atoms with Gasteiger partial charge in [0.2, 0.25) is 0 Å². The highest BCUT2D eigenvalue weighted by atomic mass is 32.2. The van der Waals surface area contributed by atoms with Gasteiger partial charge < -0.3 is 10.4 Å². The molecular weight excluding hydrogens is 307 g/mol. The number of carboxylic acids is 1. The summed E-state index contributed by atoms with van der Waals surface area (Å²) in [6.45, 7) is 1.78. The van der Waals surface area contributed by atoms with Crippen LogP contribution in [-0.2, 0) is 17.0 Å². The Balaban J connectivity index is 2.94. The third-order valence-corrected chi connectivity index (χ3v) is 3.62. The van der Waals surface area contributed by atoms with Gasteiger partial charge in [0.25, 0.3) is 0 Å². The lowest BCUT2D eigenvalue weighted by Gasteiger charge is -2.17. The van der Waals surface area contributed by atoms with Gasteiger partial charge in [0, 0.05) is 34.5 Å². The van der Waals surface area contributed by atoms with Crippen LogP contribution in [0, 0.1) is 0 Å². The topological polar surface area (TPSA) is 66.4 Å². The summed E-state index contributed by atoms with van der Waals surface area (Å²) in [5.74, 6) is -1.17. The fraction of sp³-hybridized carbons (Fsp3) is 0.462. The Bertz CT molecular complexity index is 546. The van der Waals surface area contributed by atoms with Gasteiger partial charge in [-0.1, -0.05) is 0 Å². The van der Waals surface area contributed by atoms with Crippen molar-refractivity contribution in [2.75, 3.05) is 17.3 Å². The number of hydrogen-bond donors (Lipinski definition) is 2. The number of carbonyl (C=O) groups is 1. The van der Waals surface area contributed by atoms with Crippen molar-refractivity contribution in [1.82, 2.24) is 0 Å². The average Bonchev–Trinajstić information content (AvgIpc) is 2.34. The van der Waals surface area contributed by atoms with Crippen molar-refractivity contribution in [3.63, 3.8) is 0 Å². The summed E-state index contributed by atoms with van der Waals surface area (Å²) in [7, 11) is -0.954. The van der Waals surface area contributed by atoms with Crippen LogP contribution in [0.5, 0.6) is 0 Å². The quantitative estimate of drug-likeness (QED) is 0.845. The smallest absolute Gasteiger partial charge is 0.417 e. The van der Waals surface area contributed by atoms with E-state index in [1.165, 1.54) is 6.07 Å². The Labute approximate surface area is 122 Å². The molecule has 2 N–H and O–H groups in total. The van der Waals surface area contributed by atoms with Crippen LogP contribution in [0.15, 0.2) is 18.2 Å². The minimum absolute atomic E-state index is 0.132. The van der Waals surface area contributed by atoms with Gasteiger partial charge in [-0.15, -0.1) is 0 Å². The summed E-state index contributed by atoms with van der Waals surface area (Å²) in [4.78, 5) is 11.0. The van der Waals surface area contributed by atoms with Gasteiger partial charge in [-0.25, -0.2) is 4.79 Å². The highest BCUT2D eigenvalue weighted by Gasteiger charge is 2.35. The number of halogens is 3. The Morgan fingerprint density at radius 3 is 2.52 bits per heavy atom. The van der Waals surface area contributed by atoms with Crippen molar-refractivity contribution in [2.24, 2.45) is 0 Å². The van der Waals surface area contributed by atoms with Gasteiger partial charge in [0.1, 0.15) is 0 Å². The van der Waals surface area contributed by atoms with Crippen molar-refractivity contribution >= 4 is 22.5 Å². The fourth-order valence-electron chi connectivity index (χ4n) is 1.76. The third kappa shape index (κ3) is 5.37. The molecule has 1 rings (SSSR count). The van der Waals surface area contributed by atoms with Crippen molar-refractivity contribution in [2.45, 2.75) is 25.6 Å². The number of aromatic carboxylic acids is 1. The largest absolute Gasteiger partial charge is 0.478 e. The Hall–Kier alpha value is -1.57. The third-order valence-electron chi connectivity index (χ3n) is 2.81. The summed E-state index contributed by atoms with van der Waals surface area (Å²) in [6, 6.07) is 2.77. The summed E-state index contributed by atoms with van der Waals surface area (Å²) in [5.41, 5.74) is -1.68. The highest BCUT2D eigenvalue weighted by Crippen LogP contribution is 2.33.